The second-order valence-corrected chi connectivity index (χ2v) is 1.98. The van der Waals surface area contributed by atoms with Crippen LogP contribution >= 0.6 is 0 Å². The van der Waals surface area contributed by atoms with Gasteiger partial charge in [-0.05, 0) is 24.3 Å². The number of ether oxygens (including phenoxy) is 1. The summed E-state index contributed by atoms with van der Waals surface area (Å²) in [6.45, 7) is 4.00. The summed E-state index contributed by atoms with van der Waals surface area (Å²) in [5.74, 6) is 0.888. The predicted octanol–water partition coefficient (Wildman–Crippen LogP) is 2.76. The quantitative estimate of drug-likeness (QED) is 0.731. The maximum absolute atomic E-state index is 4.99. The minimum Gasteiger partial charge on any atom is -0.497 e. The standard InChI is InChI=1S/C8H11NO.C2H6/c1-9-7-3-5-8(10-2)6-4-7;1-2/h3-6,9H,1-2H3;1-2H3. The topological polar surface area (TPSA) is 21.3 Å². The lowest BCUT2D eigenvalue weighted by Crippen LogP contribution is -1.87. The van der Waals surface area contributed by atoms with E-state index < -0.39 is 0 Å². The Hall–Kier alpha value is -1.18. The zero-order valence-corrected chi connectivity index (χ0v) is 8.22. The molecule has 1 rings (SSSR count). The second kappa shape index (κ2) is 6.53. The zero-order valence-electron chi connectivity index (χ0n) is 8.22. The van der Waals surface area contributed by atoms with Crippen molar-refractivity contribution >= 4 is 5.69 Å². The molecule has 0 saturated carbocycles. The van der Waals surface area contributed by atoms with E-state index in [1.165, 1.54) is 0 Å². The van der Waals surface area contributed by atoms with Crippen molar-refractivity contribution < 1.29 is 4.74 Å². The molecule has 0 aromatic heterocycles. The molecule has 0 aliphatic rings. The molecule has 1 aromatic carbocycles. The minimum atomic E-state index is 0.888. The highest BCUT2D eigenvalue weighted by molar-refractivity contribution is 5.45. The smallest absolute Gasteiger partial charge is 0.119 e. The fraction of sp³-hybridized carbons (Fsp3) is 0.400. The van der Waals surface area contributed by atoms with Gasteiger partial charge in [-0.15, -0.1) is 0 Å². The van der Waals surface area contributed by atoms with Crippen LogP contribution in [-0.2, 0) is 0 Å². The molecule has 0 heterocycles. The zero-order chi connectivity index (χ0) is 9.40. The van der Waals surface area contributed by atoms with E-state index in [9.17, 15) is 0 Å². The van der Waals surface area contributed by atoms with Crippen molar-refractivity contribution in [3.63, 3.8) is 0 Å². The highest BCUT2D eigenvalue weighted by Gasteiger charge is 1.88. The van der Waals surface area contributed by atoms with Crippen molar-refractivity contribution in [2.24, 2.45) is 0 Å². The molecule has 0 unspecified atom stereocenters. The first-order chi connectivity index (χ1) is 5.86. The number of nitrogens with one attached hydrogen (secondary N) is 1. The second-order valence-electron chi connectivity index (χ2n) is 1.98. The maximum Gasteiger partial charge on any atom is 0.119 e. The van der Waals surface area contributed by atoms with Gasteiger partial charge in [0.15, 0.2) is 0 Å². The van der Waals surface area contributed by atoms with E-state index >= 15 is 0 Å². The molecule has 12 heavy (non-hydrogen) atoms. The molecule has 0 bridgehead atoms. The Morgan fingerprint density at radius 2 is 1.58 bits per heavy atom. The largest absolute Gasteiger partial charge is 0.497 e. The Morgan fingerprint density at radius 1 is 1.08 bits per heavy atom. The molecule has 0 aliphatic carbocycles. The Labute approximate surface area is 74.6 Å². The van der Waals surface area contributed by atoms with Gasteiger partial charge in [0.1, 0.15) is 5.75 Å². The summed E-state index contributed by atoms with van der Waals surface area (Å²) in [5, 5.41) is 3.02. The van der Waals surface area contributed by atoms with Gasteiger partial charge in [-0.25, -0.2) is 0 Å². The third-order valence-electron chi connectivity index (χ3n) is 1.38. The van der Waals surface area contributed by atoms with Crippen molar-refractivity contribution in [3.8, 4) is 5.75 Å². The Balaban J connectivity index is 0.000000561. The third-order valence-corrected chi connectivity index (χ3v) is 1.38. The predicted molar refractivity (Wildman–Crippen MR) is 53.9 cm³/mol. The van der Waals surface area contributed by atoms with Crippen LogP contribution in [0.25, 0.3) is 0 Å². The SMILES string of the molecule is CC.CNc1ccc(OC)cc1. The lowest BCUT2D eigenvalue weighted by molar-refractivity contribution is 0.415. The first-order valence-electron chi connectivity index (χ1n) is 4.18. The molecule has 0 amide bonds. The van der Waals surface area contributed by atoms with Crippen LogP contribution in [0.1, 0.15) is 13.8 Å². The lowest BCUT2D eigenvalue weighted by atomic mass is 10.3. The van der Waals surface area contributed by atoms with Crippen LogP contribution in [0.2, 0.25) is 0 Å². The number of anilines is 1. The summed E-state index contributed by atoms with van der Waals surface area (Å²) in [6.07, 6.45) is 0. The summed E-state index contributed by atoms with van der Waals surface area (Å²) < 4.78 is 4.99. The van der Waals surface area contributed by atoms with Crippen LogP contribution < -0.4 is 10.1 Å². The molecule has 0 spiro atoms. The number of rotatable bonds is 2. The Bertz CT molecular complexity index is 170. The van der Waals surface area contributed by atoms with Crippen molar-refractivity contribution in [3.05, 3.63) is 24.3 Å². The molecular formula is C10H17NO. The first-order valence-corrected chi connectivity index (χ1v) is 4.18. The van der Waals surface area contributed by atoms with Gasteiger partial charge in [0, 0.05) is 12.7 Å². The molecule has 0 aliphatic heterocycles. The van der Waals surface area contributed by atoms with E-state index in [2.05, 4.69) is 5.32 Å². The summed E-state index contributed by atoms with van der Waals surface area (Å²) in [4.78, 5) is 0. The highest BCUT2D eigenvalue weighted by Crippen LogP contribution is 2.13. The van der Waals surface area contributed by atoms with E-state index in [1.807, 2.05) is 45.2 Å². The summed E-state index contributed by atoms with van der Waals surface area (Å²) in [7, 11) is 3.55. The monoisotopic (exact) mass is 167 g/mol. The normalized spacial score (nSPS) is 8.00. The number of hydrogen-bond acceptors (Lipinski definition) is 2. The summed E-state index contributed by atoms with van der Waals surface area (Å²) >= 11 is 0. The molecule has 0 saturated heterocycles. The average molecular weight is 167 g/mol. The van der Waals surface area contributed by atoms with Gasteiger partial charge < -0.3 is 10.1 Å². The van der Waals surface area contributed by atoms with Crippen LogP contribution in [-0.4, -0.2) is 14.2 Å². The Kier molecular flexibility index (Phi) is 5.88. The van der Waals surface area contributed by atoms with Crippen molar-refractivity contribution in [2.75, 3.05) is 19.5 Å². The van der Waals surface area contributed by atoms with Gasteiger partial charge in [0.2, 0.25) is 0 Å². The molecule has 2 nitrogen and oxygen atoms in total. The van der Waals surface area contributed by atoms with E-state index in [-0.39, 0.29) is 0 Å². The van der Waals surface area contributed by atoms with Gasteiger partial charge in [-0.3, -0.25) is 0 Å². The molecular weight excluding hydrogens is 150 g/mol. The van der Waals surface area contributed by atoms with Gasteiger partial charge in [0.05, 0.1) is 7.11 Å². The van der Waals surface area contributed by atoms with Crippen LogP contribution in [0, 0.1) is 0 Å². The fourth-order valence-electron chi connectivity index (χ4n) is 0.758. The number of methoxy groups -OCH3 is 1. The van der Waals surface area contributed by atoms with Crippen LogP contribution in [0.4, 0.5) is 5.69 Å². The van der Waals surface area contributed by atoms with Gasteiger partial charge >= 0.3 is 0 Å². The average Bonchev–Trinajstić information content (AvgIpc) is 2.21. The van der Waals surface area contributed by atoms with Gasteiger partial charge in [-0.2, -0.15) is 0 Å². The molecule has 0 atom stereocenters. The summed E-state index contributed by atoms with van der Waals surface area (Å²) in [6, 6.07) is 7.79. The summed E-state index contributed by atoms with van der Waals surface area (Å²) in [5.41, 5.74) is 1.10. The highest BCUT2D eigenvalue weighted by atomic mass is 16.5. The van der Waals surface area contributed by atoms with E-state index in [0.29, 0.717) is 0 Å². The molecule has 2 heteroatoms. The first kappa shape index (κ1) is 10.8. The molecule has 0 radical (unpaired) electrons. The van der Waals surface area contributed by atoms with Gasteiger partial charge in [-0.1, -0.05) is 13.8 Å². The maximum atomic E-state index is 4.99. The molecule has 1 aromatic rings. The molecule has 1 N–H and O–H groups in total. The fourth-order valence-corrected chi connectivity index (χ4v) is 0.758. The molecule has 68 valence electrons. The van der Waals surface area contributed by atoms with Crippen molar-refractivity contribution in [2.45, 2.75) is 13.8 Å². The van der Waals surface area contributed by atoms with Crippen molar-refractivity contribution in [1.82, 2.24) is 0 Å². The minimum absolute atomic E-state index is 0.888. The van der Waals surface area contributed by atoms with Crippen LogP contribution in [0.5, 0.6) is 5.75 Å². The van der Waals surface area contributed by atoms with E-state index in [4.69, 9.17) is 4.74 Å². The number of hydrogen-bond donors (Lipinski definition) is 1. The number of benzene rings is 1. The van der Waals surface area contributed by atoms with E-state index in [0.717, 1.165) is 11.4 Å². The lowest BCUT2D eigenvalue weighted by Gasteiger charge is -2.00. The van der Waals surface area contributed by atoms with Crippen LogP contribution in [0.3, 0.4) is 0 Å². The Morgan fingerprint density at radius 3 is 1.92 bits per heavy atom. The van der Waals surface area contributed by atoms with Gasteiger partial charge in [0.25, 0.3) is 0 Å². The van der Waals surface area contributed by atoms with Crippen molar-refractivity contribution in [1.29, 1.82) is 0 Å². The van der Waals surface area contributed by atoms with Crippen LogP contribution in [0.15, 0.2) is 24.3 Å². The molecule has 0 fully saturated rings. The third kappa shape index (κ3) is 3.28. The van der Waals surface area contributed by atoms with E-state index in [1.54, 1.807) is 7.11 Å².